The average Bonchev–Trinajstić information content (AvgIpc) is 2.50. The summed E-state index contributed by atoms with van der Waals surface area (Å²) in [7, 11) is 0. The summed E-state index contributed by atoms with van der Waals surface area (Å²) in [5.74, 6) is 1.26. The molecule has 0 spiro atoms. The van der Waals surface area contributed by atoms with Crippen molar-refractivity contribution < 1.29 is 9.53 Å². The van der Waals surface area contributed by atoms with Gasteiger partial charge in [-0.1, -0.05) is 20.3 Å². The van der Waals surface area contributed by atoms with E-state index in [0.29, 0.717) is 5.92 Å². The van der Waals surface area contributed by atoms with Crippen molar-refractivity contribution in [3.8, 4) is 5.75 Å². The Kier molecular flexibility index (Phi) is 5.92. The molecule has 4 heteroatoms. The summed E-state index contributed by atoms with van der Waals surface area (Å²) in [6.07, 6.45) is 3.03. The Morgan fingerprint density at radius 2 is 2.10 bits per heavy atom. The van der Waals surface area contributed by atoms with Crippen LogP contribution in [0.5, 0.6) is 5.75 Å². The molecule has 1 heterocycles. The zero-order valence-corrected chi connectivity index (χ0v) is 13.6. The van der Waals surface area contributed by atoms with Crippen molar-refractivity contribution in [3.05, 3.63) is 29.8 Å². The smallest absolute Gasteiger partial charge is 0.253 e. The van der Waals surface area contributed by atoms with Gasteiger partial charge in [0.05, 0.1) is 6.61 Å². The number of carbonyl (C=O) groups excluding carboxylic acids is 1. The molecule has 0 bridgehead atoms. The van der Waals surface area contributed by atoms with Crippen molar-refractivity contribution in [2.45, 2.75) is 38.5 Å². The van der Waals surface area contributed by atoms with Gasteiger partial charge in [-0.15, -0.1) is 11.6 Å². The van der Waals surface area contributed by atoms with Gasteiger partial charge in [0, 0.05) is 24.0 Å². The molecule has 1 aliphatic rings. The molecular weight excluding hydrogens is 286 g/mol. The normalized spacial score (nSPS) is 22.1. The lowest BCUT2D eigenvalue weighted by molar-refractivity contribution is 0.0687. The maximum atomic E-state index is 12.5. The molecule has 1 aromatic rings. The number of halogens is 1. The highest BCUT2D eigenvalue weighted by Gasteiger charge is 2.27. The highest BCUT2D eigenvalue weighted by molar-refractivity contribution is 6.20. The van der Waals surface area contributed by atoms with Gasteiger partial charge in [-0.3, -0.25) is 4.79 Å². The summed E-state index contributed by atoms with van der Waals surface area (Å²) in [6.45, 7) is 6.44. The Morgan fingerprint density at radius 1 is 1.38 bits per heavy atom. The molecule has 1 aliphatic heterocycles. The zero-order valence-electron chi connectivity index (χ0n) is 12.8. The van der Waals surface area contributed by atoms with Gasteiger partial charge in [-0.2, -0.15) is 0 Å². The predicted molar refractivity (Wildman–Crippen MR) is 86.2 cm³/mol. The number of likely N-dealkylation sites (tertiary alicyclic amines) is 1. The van der Waals surface area contributed by atoms with Crippen LogP contribution < -0.4 is 4.74 Å². The molecule has 0 aromatic heterocycles. The second-order valence-electron chi connectivity index (χ2n) is 5.76. The van der Waals surface area contributed by atoms with Crippen LogP contribution in [0, 0.1) is 5.92 Å². The van der Waals surface area contributed by atoms with Crippen molar-refractivity contribution in [2.75, 3.05) is 19.7 Å². The zero-order chi connectivity index (χ0) is 15.2. The number of hydrogen-bond donors (Lipinski definition) is 0. The molecule has 1 amide bonds. The van der Waals surface area contributed by atoms with Crippen molar-refractivity contribution in [1.82, 2.24) is 4.90 Å². The molecule has 2 atom stereocenters. The summed E-state index contributed by atoms with van der Waals surface area (Å²) in [4.78, 5) is 14.4. The Bertz CT molecular complexity index is 460. The van der Waals surface area contributed by atoms with Crippen molar-refractivity contribution in [3.63, 3.8) is 0 Å². The highest BCUT2D eigenvalue weighted by Crippen LogP contribution is 2.23. The molecule has 21 heavy (non-hydrogen) atoms. The molecule has 0 radical (unpaired) electrons. The number of alkyl halides is 1. The quantitative estimate of drug-likeness (QED) is 0.609. The topological polar surface area (TPSA) is 29.5 Å². The van der Waals surface area contributed by atoms with Crippen LogP contribution in [-0.2, 0) is 0 Å². The van der Waals surface area contributed by atoms with Crippen LogP contribution in [0.25, 0.3) is 0 Å². The third-order valence-electron chi connectivity index (χ3n) is 3.96. The first kappa shape index (κ1) is 16.2. The van der Waals surface area contributed by atoms with Gasteiger partial charge in [0.15, 0.2) is 0 Å². The second kappa shape index (κ2) is 7.69. The van der Waals surface area contributed by atoms with E-state index in [2.05, 4.69) is 13.8 Å². The Labute approximate surface area is 132 Å². The first-order valence-corrected chi connectivity index (χ1v) is 8.21. The molecule has 2 unspecified atom stereocenters. The number of amides is 1. The average molecular weight is 310 g/mol. The Hall–Kier alpha value is -1.22. The maximum absolute atomic E-state index is 12.5. The highest BCUT2D eigenvalue weighted by atomic mass is 35.5. The van der Waals surface area contributed by atoms with Gasteiger partial charge >= 0.3 is 0 Å². The van der Waals surface area contributed by atoms with E-state index in [1.54, 1.807) is 0 Å². The van der Waals surface area contributed by atoms with E-state index in [0.717, 1.165) is 50.3 Å². The number of ether oxygens (including phenoxy) is 1. The van der Waals surface area contributed by atoms with Crippen molar-refractivity contribution in [2.24, 2.45) is 5.92 Å². The monoisotopic (exact) mass is 309 g/mol. The van der Waals surface area contributed by atoms with Gasteiger partial charge in [0.1, 0.15) is 5.75 Å². The molecule has 1 fully saturated rings. The van der Waals surface area contributed by atoms with Crippen LogP contribution in [0.4, 0.5) is 0 Å². The molecule has 1 saturated heterocycles. The van der Waals surface area contributed by atoms with Crippen molar-refractivity contribution in [1.29, 1.82) is 0 Å². The minimum Gasteiger partial charge on any atom is -0.494 e. The van der Waals surface area contributed by atoms with E-state index >= 15 is 0 Å². The number of piperidine rings is 1. The van der Waals surface area contributed by atoms with Gasteiger partial charge in [0.2, 0.25) is 0 Å². The largest absolute Gasteiger partial charge is 0.494 e. The fraction of sp³-hybridized carbons (Fsp3) is 0.588. The molecule has 0 N–H and O–H groups in total. The second-order valence-corrected chi connectivity index (χ2v) is 6.32. The van der Waals surface area contributed by atoms with E-state index in [1.165, 1.54) is 0 Å². The minimum absolute atomic E-state index is 0.0884. The molecule has 2 rings (SSSR count). The maximum Gasteiger partial charge on any atom is 0.253 e. The summed E-state index contributed by atoms with van der Waals surface area (Å²) in [5.41, 5.74) is 0.720. The lowest BCUT2D eigenvalue weighted by atomic mass is 9.99. The fourth-order valence-electron chi connectivity index (χ4n) is 2.51. The standard InChI is InChI=1S/C17H24ClNO2/c1-3-4-11-21-15-7-5-14(6-8-15)17(20)19-10-9-16(18)13(2)12-19/h5-8,13,16H,3-4,9-12H2,1-2H3. The van der Waals surface area contributed by atoms with Crippen LogP contribution in [0.3, 0.4) is 0 Å². The lowest BCUT2D eigenvalue weighted by Gasteiger charge is -2.34. The first-order valence-electron chi connectivity index (χ1n) is 7.78. The SMILES string of the molecule is CCCCOc1ccc(C(=O)N2CCC(Cl)C(C)C2)cc1. The molecular formula is C17H24ClNO2. The van der Waals surface area contributed by atoms with E-state index in [9.17, 15) is 4.79 Å². The van der Waals surface area contributed by atoms with Gasteiger partial charge in [0.25, 0.3) is 5.91 Å². The summed E-state index contributed by atoms with van der Waals surface area (Å²) in [6, 6.07) is 7.45. The van der Waals surface area contributed by atoms with E-state index in [-0.39, 0.29) is 11.3 Å². The van der Waals surface area contributed by atoms with Crippen LogP contribution in [0.2, 0.25) is 0 Å². The van der Waals surface area contributed by atoms with Crippen LogP contribution in [0.1, 0.15) is 43.5 Å². The number of rotatable bonds is 5. The summed E-state index contributed by atoms with van der Waals surface area (Å²) < 4.78 is 5.62. The van der Waals surface area contributed by atoms with Crippen LogP contribution in [-0.4, -0.2) is 35.9 Å². The predicted octanol–water partition coefficient (Wildman–Crippen LogP) is 3.95. The van der Waals surface area contributed by atoms with Crippen molar-refractivity contribution >= 4 is 17.5 Å². The number of carbonyl (C=O) groups is 1. The van der Waals surface area contributed by atoms with E-state index in [4.69, 9.17) is 16.3 Å². The van der Waals surface area contributed by atoms with Gasteiger partial charge < -0.3 is 9.64 Å². The third-order valence-corrected chi connectivity index (χ3v) is 4.60. The first-order chi connectivity index (χ1) is 10.1. The number of unbranched alkanes of at least 4 members (excludes halogenated alkanes) is 1. The van der Waals surface area contributed by atoms with E-state index in [1.807, 2.05) is 29.2 Å². The molecule has 116 valence electrons. The van der Waals surface area contributed by atoms with Crippen LogP contribution >= 0.6 is 11.6 Å². The fourth-order valence-corrected chi connectivity index (χ4v) is 2.69. The van der Waals surface area contributed by atoms with Gasteiger partial charge in [-0.25, -0.2) is 0 Å². The number of benzene rings is 1. The molecule has 1 aromatic carbocycles. The lowest BCUT2D eigenvalue weighted by Crippen LogP contribution is -2.43. The summed E-state index contributed by atoms with van der Waals surface area (Å²) >= 11 is 6.21. The Morgan fingerprint density at radius 3 is 2.71 bits per heavy atom. The summed E-state index contributed by atoms with van der Waals surface area (Å²) in [5, 5.41) is 0.184. The minimum atomic E-state index is 0.0884. The Balaban J connectivity index is 1.93. The third kappa shape index (κ3) is 4.37. The van der Waals surface area contributed by atoms with E-state index < -0.39 is 0 Å². The number of nitrogens with zero attached hydrogens (tertiary/aromatic N) is 1. The molecule has 3 nitrogen and oxygen atoms in total. The van der Waals surface area contributed by atoms with Gasteiger partial charge in [-0.05, 0) is 43.0 Å². The number of hydrogen-bond acceptors (Lipinski definition) is 2. The molecule has 0 aliphatic carbocycles. The molecule has 0 saturated carbocycles. The van der Waals surface area contributed by atoms with Crippen LogP contribution in [0.15, 0.2) is 24.3 Å².